The zero-order valence-electron chi connectivity index (χ0n) is 13.5. The zero-order valence-corrected chi connectivity index (χ0v) is 15.9. The second kappa shape index (κ2) is 6.44. The third-order valence-corrected chi connectivity index (χ3v) is 6.60. The molecule has 0 saturated heterocycles. The molecule has 7 heteroatoms. The second-order valence-electron chi connectivity index (χ2n) is 6.28. The van der Waals surface area contributed by atoms with Crippen molar-refractivity contribution in [2.24, 2.45) is 4.99 Å². The molecule has 0 aromatic carbocycles. The number of carbonyl (C=O) groups is 1. The molecule has 0 radical (unpaired) electrons. The lowest BCUT2D eigenvalue weighted by molar-refractivity contribution is 0.0790. The Bertz CT molecular complexity index is 826. The van der Waals surface area contributed by atoms with Gasteiger partial charge in [0.15, 0.2) is 0 Å². The summed E-state index contributed by atoms with van der Waals surface area (Å²) in [5.74, 6) is 0.0827. The highest BCUT2D eigenvalue weighted by molar-refractivity contribution is 9.10. The van der Waals surface area contributed by atoms with Gasteiger partial charge in [-0.1, -0.05) is 19.3 Å². The van der Waals surface area contributed by atoms with Gasteiger partial charge in [-0.15, -0.1) is 11.3 Å². The average Bonchev–Trinajstić information content (AvgIpc) is 2.89. The van der Waals surface area contributed by atoms with Crippen LogP contribution in [0.4, 0.5) is 5.69 Å². The first-order chi connectivity index (χ1) is 11.7. The molecule has 0 spiro atoms. The van der Waals surface area contributed by atoms with Crippen LogP contribution in [-0.2, 0) is 6.54 Å². The molecule has 1 aliphatic heterocycles. The van der Waals surface area contributed by atoms with Crippen LogP contribution in [0.25, 0.3) is 10.2 Å². The van der Waals surface area contributed by atoms with Crippen molar-refractivity contribution in [3.8, 4) is 0 Å². The van der Waals surface area contributed by atoms with E-state index in [4.69, 9.17) is 0 Å². The molecule has 5 nitrogen and oxygen atoms in total. The minimum Gasteiger partial charge on any atom is -0.387 e. The number of aliphatic imine (C=N–C) groups is 1. The monoisotopic (exact) mass is 406 g/mol. The molecular weight excluding hydrogens is 388 g/mol. The number of halogens is 1. The number of fused-ring (bicyclic) bond motifs is 3. The summed E-state index contributed by atoms with van der Waals surface area (Å²) in [7, 11) is 1.89. The lowest BCUT2D eigenvalue weighted by atomic mass is 9.94. The summed E-state index contributed by atoms with van der Waals surface area (Å²) in [5, 5.41) is 4.24. The number of hydrogen-bond donors (Lipinski definition) is 1. The maximum absolute atomic E-state index is 13.2. The van der Waals surface area contributed by atoms with Crippen molar-refractivity contribution >= 4 is 55.4 Å². The number of pyridine rings is 1. The highest BCUT2D eigenvalue weighted by Gasteiger charge is 2.31. The Morgan fingerprint density at radius 3 is 2.88 bits per heavy atom. The molecule has 1 fully saturated rings. The van der Waals surface area contributed by atoms with Crippen molar-refractivity contribution in [2.45, 2.75) is 44.7 Å². The second-order valence-corrected chi connectivity index (χ2v) is 8.13. The topological polar surface area (TPSA) is 57.6 Å². The smallest absolute Gasteiger partial charge is 0.269 e. The lowest BCUT2D eigenvalue weighted by Gasteiger charge is -2.30. The molecule has 2 aliphatic rings. The van der Waals surface area contributed by atoms with Gasteiger partial charge >= 0.3 is 0 Å². The molecular formula is C17H19BrN4OS. The third-order valence-electron chi connectivity index (χ3n) is 4.87. The van der Waals surface area contributed by atoms with Crippen LogP contribution in [0, 0.1) is 0 Å². The first-order valence-corrected chi connectivity index (χ1v) is 9.92. The summed E-state index contributed by atoms with van der Waals surface area (Å²) in [6.45, 7) is 0.525. The Hall–Kier alpha value is -1.47. The highest BCUT2D eigenvalue weighted by atomic mass is 79.9. The van der Waals surface area contributed by atoms with Crippen molar-refractivity contribution in [1.82, 2.24) is 9.88 Å². The van der Waals surface area contributed by atoms with Gasteiger partial charge < -0.3 is 5.32 Å². The van der Waals surface area contributed by atoms with Gasteiger partial charge in [0, 0.05) is 30.2 Å². The molecule has 0 atom stereocenters. The van der Waals surface area contributed by atoms with E-state index in [2.05, 4.69) is 31.2 Å². The van der Waals surface area contributed by atoms with Crippen LogP contribution >= 0.6 is 27.3 Å². The fraction of sp³-hybridized carbons (Fsp3) is 0.471. The third kappa shape index (κ3) is 2.54. The summed E-state index contributed by atoms with van der Waals surface area (Å²) in [6.07, 6.45) is 9.36. The van der Waals surface area contributed by atoms with Crippen molar-refractivity contribution in [3.63, 3.8) is 0 Å². The van der Waals surface area contributed by atoms with Gasteiger partial charge in [0.2, 0.25) is 0 Å². The average molecular weight is 407 g/mol. The molecule has 2 aromatic rings. The minimum absolute atomic E-state index is 0.0827. The van der Waals surface area contributed by atoms with E-state index in [1.165, 1.54) is 30.6 Å². The number of hydrogen-bond acceptors (Lipinski definition) is 5. The summed E-state index contributed by atoms with van der Waals surface area (Å²) >= 11 is 5.03. The molecule has 1 aliphatic carbocycles. The number of anilines is 1. The van der Waals surface area contributed by atoms with Gasteiger partial charge in [-0.25, -0.2) is 4.98 Å². The predicted octanol–water partition coefficient (Wildman–Crippen LogP) is 4.42. The van der Waals surface area contributed by atoms with Crippen molar-refractivity contribution in [3.05, 3.63) is 21.1 Å². The van der Waals surface area contributed by atoms with Gasteiger partial charge in [0.1, 0.15) is 9.71 Å². The number of nitrogens with zero attached hydrogens (tertiary/aromatic N) is 3. The first kappa shape index (κ1) is 16.0. The van der Waals surface area contributed by atoms with Gasteiger partial charge in [0.05, 0.1) is 23.0 Å². The Morgan fingerprint density at radius 1 is 1.33 bits per heavy atom. The highest BCUT2D eigenvalue weighted by Crippen LogP contribution is 2.40. The van der Waals surface area contributed by atoms with Gasteiger partial charge in [0.25, 0.3) is 5.91 Å². The SMILES string of the molecule is CNc1c(Br)cnc2sc3c(c12)CN=CN(C1CCCCC1)C3=O. The number of rotatable bonds is 2. The first-order valence-electron chi connectivity index (χ1n) is 8.31. The zero-order chi connectivity index (χ0) is 16.7. The Labute approximate surface area is 153 Å². The fourth-order valence-electron chi connectivity index (χ4n) is 3.68. The molecule has 2 aromatic heterocycles. The van der Waals surface area contributed by atoms with Crippen molar-refractivity contribution < 1.29 is 4.79 Å². The Balaban J connectivity index is 1.82. The number of thiophene rings is 1. The number of carbonyl (C=O) groups excluding carboxylic acids is 1. The minimum atomic E-state index is 0.0827. The molecule has 1 N–H and O–H groups in total. The molecule has 3 heterocycles. The maximum atomic E-state index is 13.2. The van der Waals surface area contributed by atoms with Gasteiger partial charge in [-0.05, 0) is 28.8 Å². The molecule has 1 saturated carbocycles. The van der Waals surface area contributed by atoms with E-state index in [1.54, 1.807) is 12.5 Å². The van der Waals surface area contributed by atoms with Crippen LogP contribution in [0.2, 0.25) is 0 Å². The quantitative estimate of drug-likeness (QED) is 0.802. The molecule has 1 amide bonds. The molecule has 4 rings (SSSR count). The van der Waals surface area contributed by atoms with Crippen molar-refractivity contribution in [2.75, 3.05) is 12.4 Å². The van der Waals surface area contributed by atoms with E-state index in [0.29, 0.717) is 6.54 Å². The van der Waals surface area contributed by atoms with Crippen LogP contribution < -0.4 is 5.32 Å². The summed E-state index contributed by atoms with van der Waals surface area (Å²) in [6, 6.07) is 0.287. The van der Waals surface area contributed by atoms with Gasteiger partial charge in [-0.3, -0.25) is 14.7 Å². The number of nitrogens with one attached hydrogen (secondary N) is 1. The van der Waals surface area contributed by atoms with Crippen LogP contribution in [-0.4, -0.2) is 35.2 Å². The van der Waals surface area contributed by atoms with Crippen LogP contribution in [0.3, 0.4) is 0 Å². The lowest BCUT2D eigenvalue weighted by Crippen LogP contribution is -2.39. The summed E-state index contributed by atoms with van der Waals surface area (Å²) < 4.78 is 0.905. The largest absolute Gasteiger partial charge is 0.387 e. The molecule has 0 unspecified atom stereocenters. The molecule has 0 bridgehead atoms. The summed E-state index contributed by atoms with van der Waals surface area (Å²) in [4.78, 5) is 25.8. The van der Waals surface area contributed by atoms with E-state index in [0.717, 1.165) is 43.7 Å². The van der Waals surface area contributed by atoms with E-state index in [-0.39, 0.29) is 11.9 Å². The van der Waals surface area contributed by atoms with E-state index >= 15 is 0 Å². The number of amides is 1. The Kier molecular flexibility index (Phi) is 4.30. The van der Waals surface area contributed by atoms with E-state index < -0.39 is 0 Å². The standard InChI is InChI=1S/C17H19BrN4OS/c1-19-14-12(18)8-21-16-13(14)11-7-20-9-22(17(23)15(11)24-16)10-5-3-2-4-6-10/h8-10H,2-7H2,1H3,(H,19,21). The van der Waals surface area contributed by atoms with Crippen molar-refractivity contribution in [1.29, 1.82) is 0 Å². The summed E-state index contributed by atoms with van der Waals surface area (Å²) in [5.41, 5.74) is 1.97. The number of aromatic nitrogens is 1. The maximum Gasteiger partial charge on any atom is 0.269 e. The Morgan fingerprint density at radius 2 is 2.12 bits per heavy atom. The van der Waals surface area contributed by atoms with Crippen LogP contribution in [0.5, 0.6) is 0 Å². The van der Waals surface area contributed by atoms with Crippen LogP contribution in [0.1, 0.15) is 47.3 Å². The van der Waals surface area contributed by atoms with E-state index in [9.17, 15) is 4.79 Å². The molecule has 24 heavy (non-hydrogen) atoms. The fourth-order valence-corrected chi connectivity index (χ4v) is 5.28. The predicted molar refractivity (Wildman–Crippen MR) is 102 cm³/mol. The molecule has 126 valence electrons. The van der Waals surface area contributed by atoms with Gasteiger partial charge in [-0.2, -0.15) is 0 Å². The van der Waals surface area contributed by atoms with E-state index in [1.807, 2.05) is 11.9 Å². The van der Waals surface area contributed by atoms with Crippen LogP contribution in [0.15, 0.2) is 15.7 Å². The normalized spacial score (nSPS) is 18.8.